The van der Waals surface area contributed by atoms with Gasteiger partial charge in [0.2, 0.25) is 0 Å². The Morgan fingerprint density at radius 3 is 2.21 bits per heavy atom. The topological polar surface area (TPSA) is 75.6 Å². The number of aliphatic carboxylic acids is 1. The highest BCUT2D eigenvalue weighted by Gasteiger charge is 2.29. The number of fused-ring (bicyclic) bond motifs is 3. The fourth-order valence-corrected chi connectivity index (χ4v) is 4.06. The lowest BCUT2D eigenvalue weighted by Gasteiger charge is -2.19. The molecule has 0 spiro atoms. The van der Waals surface area contributed by atoms with Gasteiger partial charge < -0.3 is 15.2 Å². The number of rotatable bonds is 10. The lowest BCUT2D eigenvalue weighted by Crippen LogP contribution is -2.37. The maximum atomic E-state index is 12.4. The van der Waals surface area contributed by atoms with Gasteiger partial charge in [-0.15, -0.1) is 0 Å². The van der Waals surface area contributed by atoms with E-state index < -0.39 is 18.1 Å². The van der Waals surface area contributed by atoms with Crippen LogP contribution in [0.5, 0.6) is 0 Å². The van der Waals surface area contributed by atoms with Crippen LogP contribution in [0.1, 0.15) is 62.5 Å². The molecule has 2 N–H and O–H groups in total. The number of nitrogens with one attached hydrogen (secondary N) is 1. The number of carbonyl (C=O) groups is 2. The van der Waals surface area contributed by atoms with Crippen molar-refractivity contribution in [2.24, 2.45) is 0 Å². The van der Waals surface area contributed by atoms with Crippen molar-refractivity contribution in [3.63, 3.8) is 0 Å². The van der Waals surface area contributed by atoms with Gasteiger partial charge in [-0.2, -0.15) is 0 Å². The summed E-state index contributed by atoms with van der Waals surface area (Å²) in [6, 6.07) is 15.9. The normalized spacial score (nSPS) is 13.4. The Balaban J connectivity index is 1.60. The van der Waals surface area contributed by atoms with Gasteiger partial charge >= 0.3 is 12.1 Å². The van der Waals surface area contributed by atoms with E-state index >= 15 is 0 Å². The average Bonchev–Trinajstić information content (AvgIpc) is 3.03. The number of unbranched alkanes of at least 4 members (excludes halogenated alkanes) is 3. The van der Waals surface area contributed by atoms with E-state index in [1.165, 1.54) is 11.1 Å². The molecule has 3 rings (SSSR count). The molecule has 0 radical (unpaired) electrons. The van der Waals surface area contributed by atoms with Crippen molar-refractivity contribution < 1.29 is 19.4 Å². The fraction of sp³-hybridized carbons (Fsp3) is 0.417. The Kier molecular flexibility index (Phi) is 7.28. The first kappa shape index (κ1) is 20.9. The van der Waals surface area contributed by atoms with Gasteiger partial charge in [0.05, 0.1) is 6.42 Å². The lowest BCUT2D eigenvalue weighted by molar-refractivity contribution is -0.137. The van der Waals surface area contributed by atoms with Gasteiger partial charge in [0.1, 0.15) is 6.61 Å². The highest BCUT2D eigenvalue weighted by Crippen LogP contribution is 2.44. The predicted molar refractivity (Wildman–Crippen MR) is 113 cm³/mol. The Morgan fingerprint density at radius 2 is 1.62 bits per heavy atom. The third kappa shape index (κ3) is 5.37. The average molecular weight is 395 g/mol. The predicted octanol–water partition coefficient (Wildman–Crippen LogP) is 5.34. The van der Waals surface area contributed by atoms with Crippen molar-refractivity contribution >= 4 is 12.1 Å². The van der Waals surface area contributed by atoms with Crippen LogP contribution < -0.4 is 5.32 Å². The number of carboxylic acids is 1. The molecule has 0 saturated heterocycles. The molecule has 0 saturated carbocycles. The number of carboxylic acid groups (broad SMARTS) is 1. The molecule has 1 atom stereocenters. The van der Waals surface area contributed by atoms with E-state index in [9.17, 15) is 9.59 Å². The molecule has 1 aliphatic rings. The quantitative estimate of drug-likeness (QED) is 0.533. The molecule has 0 aromatic heterocycles. The molecular formula is C24H29NO4. The summed E-state index contributed by atoms with van der Waals surface area (Å²) < 4.78 is 5.54. The summed E-state index contributed by atoms with van der Waals surface area (Å²) in [7, 11) is 0. The van der Waals surface area contributed by atoms with Crippen LogP contribution in [0, 0.1) is 0 Å². The molecule has 5 heteroatoms. The molecule has 1 amide bonds. The Hall–Kier alpha value is -2.82. The minimum Gasteiger partial charge on any atom is -0.481 e. The van der Waals surface area contributed by atoms with E-state index in [0.29, 0.717) is 6.42 Å². The number of carbonyl (C=O) groups excluding carboxylic acids is 1. The van der Waals surface area contributed by atoms with Gasteiger partial charge in [0, 0.05) is 12.0 Å². The summed E-state index contributed by atoms with van der Waals surface area (Å²) in [5.74, 6) is -0.917. The van der Waals surface area contributed by atoms with Gasteiger partial charge in [0.15, 0.2) is 0 Å². The van der Waals surface area contributed by atoms with Gasteiger partial charge in [0.25, 0.3) is 0 Å². The van der Waals surface area contributed by atoms with Crippen LogP contribution in [0.25, 0.3) is 11.1 Å². The van der Waals surface area contributed by atoms with Crippen molar-refractivity contribution in [2.75, 3.05) is 6.61 Å². The zero-order valence-corrected chi connectivity index (χ0v) is 16.9. The Bertz CT molecular complexity index is 803. The first-order valence-corrected chi connectivity index (χ1v) is 10.4. The number of benzene rings is 2. The van der Waals surface area contributed by atoms with Crippen LogP contribution in [-0.2, 0) is 9.53 Å². The van der Waals surface area contributed by atoms with E-state index in [1.54, 1.807) is 0 Å². The second-order valence-corrected chi connectivity index (χ2v) is 7.61. The first-order valence-electron chi connectivity index (χ1n) is 10.4. The number of hydrogen-bond donors (Lipinski definition) is 2. The van der Waals surface area contributed by atoms with Crippen LogP contribution in [0.3, 0.4) is 0 Å². The fourth-order valence-electron chi connectivity index (χ4n) is 4.06. The molecule has 0 fully saturated rings. The van der Waals surface area contributed by atoms with Crippen LogP contribution in [0.15, 0.2) is 48.5 Å². The molecular weight excluding hydrogens is 366 g/mol. The molecule has 0 bridgehead atoms. The highest BCUT2D eigenvalue weighted by atomic mass is 16.5. The summed E-state index contributed by atoms with van der Waals surface area (Å²) in [6.07, 6.45) is 4.18. The second kappa shape index (κ2) is 10.1. The maximum Gasteiger partial charge on any atom is 0.407 e. The van der Waals surface area contributed by atoms with E-state index in [-0.39, 0.29) is 18.9 Å². The van der Waals surface area contributed by atoms with Crippen LogP contribution >= 0.6 is 0 Å². The summed E-state index contributed by atoms with van der Waals surface area (Å²) in [5.41, 5.74) is 4.67. The zero-order chi connectivity index (χ0) is 20.6. The van der Waals surface area contributed by atoms with Crippen LogP contribution in [-0.4, -0.2) is 29.8 Å². The Labute approximate surface area is 172 Å². The summed E-state index contributed by atoms with van der Waals surface area (Å²) >= 11 is 0. The van der Waals surface area contributed by atoms with Crippen molar-refractivity contribution in [3.8, 4) is 11.1 Å². The molecule has 2 aromatic carbocycles. The molecule has 1 aliphatic carbocycles. The number of hydrogen-bond acceptors (Lipinski definition) is 3. The van der Waals surface area contributed by atoms with E-state index in [2.05, 4.69) is 36.5 Å². The van der Waals surface area contributed by atoms with Gasteiger partial charge in [-0.05, 0) is 28.7 Å². The zero-order valence-electron chi connectivity index (χ0n) is 16.9. The molecule has 0 heterocycles. The van der Waals surface area contributed by atoms with E-state index in [0.717, 1.165) is 36.8 Å². The number of ether oxygens (including phenoxy) is 1. The SMILES string of the molecule is CCCCCC[C@H](CC(=O)O)NC(=O)OCC1c2ccccc2-c2ccccc21. The third-order valence-electron chi connectivity index (χ3n) is 5.49. The van der Waals surface area contributed by atoms with Crippen LogP contribution in [0.4, 0.5) is 4.79 Å². The summed E-state index contributed by atoms with van der Waals surface area (Å²) in [4.78, 5) is 23.5. The number of alkyl carbamates (subject to hydrolysis) is 1. The minimum absolute atomic E-state index is 0.00405. The van der Waals surface area contributed by atoms with Crippen molar-refractivity contribution in [1.29, 1.82) is 0 Å². The minimum atomic E-state index is -0.913. The first-order chi connectivity index (χ1) is 14.1. The molecule has 5 nitrogen and oxygen atoms in total. The van der Waals surface area contributed by atoms with E-state index in [4.69, 9.17) is 9.84 Å². The molecule has 0 aliphatic heterocycles. The van der Waals surface area contributed by atoms with Crippen molar-refractivity contribution in [1.82, 2.24) is 5.32 Å². The van der Waals surface area contributed by atoms with Crippen molar-refractivity contribution in [2.45, 2.75) is 57.4 Å². The number of amides is 1. The smallest absolute Gasteiger partial charge is 0.407 e. The highest BCUT2D eigenvalue weighted by molar-refractivity contribution is 5.79. The van der Waals surface area contributed by atoms with Gasteiger partial charge in [-0.1, -0.05) is 81.1 Å². The largest absolute Gasteiger partial charge is 0.481 e. The third-order valence-corrected chi connectivity index (χ3v) is 5.49. The molecule has 154 valence electrons. The summed E-state index contributed by atoms with van der Waals surface area (Å²) in [5, 5.41) is 11.9. The molecule has 2 aromatic rings. The second-order valence-electron chi connectivity index (χ2n) is 7.61. The van der Waals surface area contributed by atoms with Gasteiger partial charge in [-0.3, -0.25) is 4.79 Å². The van der Waals surface area contributed by atoms with Crippen molar-refractivity contribution in [3.05, 3.63) is 59.7 Å². The lowest BCUT2D eigenvalue weighted by atomic mass is 9.98. The molecule has 29 heavy (non-hydrogen) atoms. The monoisotopic (exact) mass is 395 g/mol. The summed E-state index contributed by atoms with van der Waals surface area (Å²) in [6.45, 7) is 2.36. The standard InChI is InChI=1S/C24H29NO4/c1-2-3-4-5-10-17(15-23(26)27)25-24(28)29-16-22-20-13-8-6-11-18(20)19-12-7-9-14-21(19)22/h6-9,11-14,17,22H,2-5,10,15-16H2,1H3,(H,25,28)(H,26,27)/t17-/m1/s1. The molecule has 0 unspecified atom stereocenters. The van der Waals surface area contributed by atoms with Crippen LogP contribution in [0.2, 0.25) is 0 Å². The maximum absolute atomic E-state index is 12.4. The Morgan fingerprint density at radius 1 is 1.00 bits per heavy atom. The van der Waals surface area contributed by atoms with Gasteiger partial charge in [-0.25, -0.2) is 4.79 Å². The van der Waals surface area contributed by atoms with E-state index in [1.807, 2.05) is 24.3 Å².